The standard InChI is InChI=1S/C14H14Br2O3S/c15-10-3-4-14(13(16)6-10)19-8-11(17)7-18-9-12-2-1-5-20-12/h1-6,11,17H,7-9H2. The fourth-order valence-corrected chi connectivity index (χ4v) is 3.32. The van der Waals surface area contributed by atoms with Crippen LogP contribution in [0.1, 0.15) is 4.88 Å². The molecule has 6 heteroatoms. The van der Waals surface area contributed by atoms with Crippen molar-refractivity contribution < 1.29 is 14.6 Å². The highest BCUT2D eigenvalue weighted by atomic mass is 79.9. The largest absolute Gasteiger partial charge is 0.490 e. The first-order valence-electron chi connectivity index (χ1n) is 6.01. The van der Waals surface area contributed by atoms with E-state index in [0.717, 1.165) is 13.8 Å². The summed E-state index contributed by atoms with van der Waals surface area (Å²) in [7, 11) is 0. The maximum Gasteiger partial charge on any atom is 0.133 e. The number of benzene rings is 1. The van der Waals surface area contributed by atoms with Crippen LogP contribution in [0.2, 0.25) is 0 Å². The zero-order valence-electron chi connectivity index (χ0n) is 10.6. The molecule has 2 aromatic rings. The van der Waals surface area contributed by atoms with Crippen molar-refractivity contribution in [1.29, 1.82) is 0 Å². The summed E-state index contributed by atoms with van der Waals surface area (Å²) in [5.41, 5.74) is 0. The Morgan fingerprint density at radius 1 is 1.20 bits per heavy atom. The van der Waals surface area contributed by atoms with Gasteiger partial charge in [-0.3, -0.25) is 0 Å². The van der Waals surface area contributed by atoms with E-state index in [1.54, 1.807) is 11.3 Å². The van der Waals surface area contributed by atoms with E-state index in [1.165, 1.54) is 0 Å². The third-order valence-corrected chi connectivity index (χ3v) is 4.42. The minimum atomic E-state index is -0.648. The van der Waals surface area contributed by atoms with Crippen LogP contribution < -0.4 is 4.74 Å². The second-order valence-corrected chi connectivity index (χ2v) is 6.94. The van der Waals surface area contributed by atoms with Gasteiger partial charge in [0.05, 0.1) is 17.7 Å². The van der Waals surface area contributed by atoms with E-state index in [1.807, 2.05) is 35.7 Å². The lowest BCUT2D eigenvalue weighted by Gasteiger charge is -2.13. The number of halogens is 2. The topological polar surface area (TPSA) is 38.7 Å². The predicted octanol–water partition coefficient (Wildman–Crippen LogP) is 4.23. The summed E-state index contributed by atoms with van der Waals surface area (Å²) in [4.78, 5) is 1.15. The Morgan fingerprint density at radius 2 is 2.05 bits per heavy atom. The molecule has 2 rings (SSSR count). The van der Waals surface area contributed by atoms with E-state index in [9.17, 15) is 5.11 Å². The van der Waals surface area contributed by atoms with Gasteiger partial charge in [0.25, 0.3) is 0 Å². The zero-order valence-corrected chi connectivity index (χ0v) is 14.6. The van der Waals surface area contributed by atoms with Gasteiger partial charge < -0.3 is 14.6 Å². The minimum Gasteiger partial charge on any atom is -0.490 e. The van der Waals surface area contributed by atoms with Gasteiger partial charge in [-0.25, -0.2) is 0 Å². The Hall–Kier alpha value is -0.400. The number of rotatable bonds is 7. The van der Waals surface area contributed by atoms with Crippen molar-refractivity contribution >= 4 is 43.2 Å². The van der Waals surface area contributed by atoms with Gasteiger partial charge in [0.1, 0.15) is 18.5 Å². The van der Waals surface area contributed by atoms with Crippen molar-refractivity contribution in [3.05, 3.63) is 49.5 Å². The van der Waals surface area contributed by atoms with Crippen molar-refractivity contribution in [3.63, 3.8) is 0 Å². The molecule has 0 bridgehead atoms. The van der Waals surface area contributed by atoms with Crippen molar-refractivity contribution in [2.45, 2.75) is 12.7 Å². The molecule has 1 aromatic carbocycles. The van der Waals surface area contributed by atoms with Crippen molar-refractivity contribution in [1.82, 2.24) is 0 Å². The third kappa shape index (κ3) is 5.18. The molecule has 1 heterocycles. The Morgan fingerprint density at radius 3 is 2.75 bits per heavy atom. The van der Waals surface area contributed by atoms with Gasteiger partial charge in [-0.2, -0.15) is 0 Å². The predicted molar refractivity (Wildman–Crippen MR) is 87.3 cm³/mol. The van der Waals surface area contributed by atoms with Crippen LogP contribution in [0.5, 0.6) is 5.75 Å². The molecule has 0 saturated heterocycles. The summed E-state index contributed by atoms with van der Waals surface area (Å²) in [6, 6.07) is 9.61. The number of ether oxygens (including phenoxy) is 2. The highest BCUT2D eigenvalue weighted by Gasteiger charge is 2.08. The first kappa shape index (κ1) is 16.0. The van der Waals surface area contributed by atoms with Crippen molar-refractivity contribution in [3.8, 4) is 5.75 Å². The van der Waals surface area contributed by atoms with Crippen molar-refractivity contribution in [2.75, 3.05) is 13.2 Å². The highest BCUT2D eigenvalue weighted by molar-refractivity contribution is 9.11. The van der Waals surface area contributed by atoms with Crippen LogP contribution >= 0.6 is 43.2 Å². The molecule has 0 aliphatic rings. The van der Waals surface area contributed by atoms with Crippen molar-refractivity contribution in [2.24, 2.45) is 0 Å². The molecule has 0 fully saturated rings. The lowest BCUT2D eigenvalue weighted by atomic mass is 10.3. The Labute approximate surface area is 138 Å². The van der Waals surface area contributed by atoms with Gasteiger partial charge in [-0.15, -0.1) is 11.3 Å². The van der Waals surface area contributed by atoms with E-state index in [0.29, 0.717) is 12.4 Å². The summed E-state index contributed by atoms with van der Waals surface area (Å²) >= 11 is 8.42. The van der Waals surface area contributed by atoms with Gasteiger partial charge in [-0.1, -0.05) is 22.0 Å². The molecule has 1 N–H and O–H groups in total. The molecule has 1 aromatic heterocycles. The molecule has 0 amide bonds. The van der Waals surface area contributed by atoms with Crippen LogP contribution in [0.15, 0.2) is 44.7 Å². The van der Waals surface area contributed by atoms with Gasteiger partial charge in [0.15, 0.2) is 0 Å². The van der Waals surface area contributed by atoms with E-state index >= 15 is 0 Å². The summed E-state index contributed by atoms with van der Waals surface area (Å²) in [5, 5.41) is 11.8. The van der Waals surface area contributed by atoms with Crippen LogP contribution in [-0.4, -0.2) is 24.4 Å². The second kappa shape index (κ2) is 8.14. The molecule has 1 unspecified atom stereocenters. The molecular formula is C14H14Br2O3S. The number of hydrogen-bond acceptors (Lipinski definition) is 4. The van der Waals surface area contributed by atoms with Crippen LogP contribution in [-0.2, 0) is 11.3 Å². The zero-order chi connectivity index (χ0) is 14.4. The Balaban J connectivity index is 1.70. The first-order valence-corrected chi connectivity index (χ1v) is 8.48. The van der Waals surface area contributed by atoms with E-state index in [-0.39, 0.29) is 13.2 Å². The smallest absolute Gasteiger partial charge is 0.133 e. The second-order valence-electron chi connectivity index (χ2n) is 4.13. The van der Waals surface area contributed by atoms with Crippen LogP contribution in [0.4, 0.5) is 0 Å². The number of aliphatic hydroxyl groups is 1. The molecular weight excluding hydrogens is 408 g/mol. The SMILES string of the molecule is OC(COCc1cccs1)COc1ccc(Br)cc1Br. The first-order chi connectivity index (χ1) is 9.65. The van der Waals surface area contributed by atoms with Crippen LogP contribution in [0.25, 0.3) is 0 Å². The molecule has 20 heavy (non-hydrogen) atoms. The number of thiophene rings is 1. The summed E-state index contributed by atoms with van der Waals surface area (Å²) in [5.74, 6) is 0.700. The average Bonchev–Trinajstić information content (AvgIpc) is 2.91. The fourth-order valence-electron chi connectivity index (χ4n) is 1.52. The quantitative estimate of drug-likeness (QED) is 0.726. The normalized spacial score (nSPS) is 12.3. The van der Waals surface area contributed by atoms with Gasteiger partial charge in [0, 0.05) is 9.35 Å². The summed E-state index contributed by atoms with van der Waals surface area (Å²) in [6.45, 7) is 0.980. The van der Waals surface area contributed by atoms with Crippen LogP contribution in [0.3, 0.4) is 0 Å². The van der Waals surface area contributed by atoms with E-state index < -0.39 is 6.10 Å². The summed E-state index contributed by atoms with van der Waals surface area (Å²) in [6.07, 6.45) is -0.648. The monoisotopic (exact) mass is 420 g/mol. The molecule has 0 radical (unpaired) electrons. The molecule has 0 aliphatic carbocycles. The molecule has 3 nitrogen and oxygen atoms in total. The number of hydrogen-bond donors (Lipinski definition) is 1. The average molecular weight is 422 g/mol. The molecule has 0 saturated carbocycles. The van der Waals surface area contributed by atoms with Gasteiger partial charge in [-0.05, 0) is 45.6 Å². The van der Waals surface area contributed by atoms with Gasteiger partial charge in [0.2, 0.25) is 0 Å². The van der Waals surface area contributed by atoms with Gasteiger partial charge >= 0.3 is 0 Å². The lowest BCUT2D eigenvalue weighted by molar-refractivity contribution is 0.00611. The number of aliphatic hydroxyl groups excluding tert-OH is 1. The Bertz CT molecular complexity index is 531. The minimum absolute atomic E-state index is 0.199. The van der Waals surface area contributed by atoms with E-state index in [4.69, 9.17) is 9.47 Å². The molecule has 0 aliphatic heterocycles. The fraction of sp³-hybridized carbons (Fsp3) is 0.286. The summed E-state index contributed by atoms with van der Waals surface area (Å²) < 4.78 is 12.8. The molecule has 1 atom stereocenters. The lowest BCUT2D eigenvalue weighted by Crippen LogP contribution is -2.23. The van der Waals surface area contributed by atoms with Crippen LogP contribution in [0, 0.1) is 0 Å². The molecule has 108 valence electrons. The Kier molecular flexibility index (Phi) is 6.51. The van der Waals surface area contributed by atoms with E-state index in [2.05, 4.69) is 31.9 Å². The maximum atomic E-state index is 9.81. The molecule has 0 spiro atoms. The highest BCUT2D eigenvalue weighted by Crippen LogP contribution is 2.28. The maximum absolute atomic E-state index is 9.81. The third-order valence-electron chi connectivity index (χ3n) is 2.46.